The van der Waals surface area contributed by atoms with Crippen molar-refractivity contribution in [2.75, 3.05) is 25.1 Å². The van der Waals surface area contributed by atoms with Gasteiger partial charge in [0.1, 0.15) is 29.5 Å². The number of anilines is 2. The molecule has 0 saturated carbocycles. The number of hydrogen-bond acceptors (Lipinski definition) is 6. The number of nitrogens with zero attached hydrogens (tertiary/aromatic N) is 3. The van der Waals surface area contributed by atoms with Gasteiger partial charge in [-0.3, -0.25) is 0 Å². The molecule has 0 aromatic carbocycles. The second-order valence-electron chi connectivity index (χ2n) is 9.47. The zero-order valence-corrected chi connectivity index (χ0v) is 19.8. The first-order chi connectivity index (χ1) is 14.7. The van der Waals surface area contributed by atoms with Crippen LogP contribution in [0.4, 0.5) is 25.2 Å². The molecule has 32 heavy (non-hydrogen) atoms. The predicted molar refractivity (Wildman–Crippen MR) is 118 cm³/mol. The molecular formula is C22H33F2N5O3. The molecule has 2 rings (SSSR count). The van der Waals surface area contributed by atoms with E-state index in [4.69, 9.17) is 9.47 Å². The molecule has 2 heterocycles. The first kappa shape index (κ1) is 25.5. The van der Waals surface area contributed by atoms with Crippen LogP contribution in [-0.2, 0) is 20.9 Å². The van der Waals surface area contributed by atoms with Gasteiger partial charge in [-0.25, -0.2) is 14.5 Å². The summed E-state index contributed by atoms with van der Waals surface area (Å²) >= 11 is 0. The summed E-state index contributed by atoms with van der Waals surface area (Å²) in [6, 6.07) is 6.20. The lowest BCUT2D eigenvalue weighted by molar-refractivity contribution is -0.0847. The van der Waals surface area contributed by atoms with Crippen molar-refractivity contribution in [3.63, 3.8) is 0 Å². The molecule has 0 spiro atoms. The van der Waals surface area contributed by atoms with E-state index in [9.17, 15) is 13.6 Å². The average molecular weight is 454 g/mol. The number of alkyl halides is 2. The number of nitrogens with one attached hydrogen (secondary N) is 2. The Bertz CT molecular complexity index is 917. The van der Waals surface area contributed by atoms with E-state index in [-0.39, 0.29) is 24.5 Å². The van der Waals surface area contributed by atoms with Crippen molar-refractivity contribution in [1.82, 2.24) is 20.1 Å². The van der Waals surface area contributed by atoms with Gasteiger partial charge in [-0.05, 0) is 60.6 Å². The van der Waals surface area contributed by atoms with Gasteiger partial charge in [0.15, 0.2) is 0 Å². The highest BCUT2D eigenvalue weighted by atomic mass is 19.3. The number of ether oxygens (including phenoxy) is 2. The molecule has 0 radical (unpaired) electrons. The molecule has 2 N–H and O–H groups in total. The van der Waals surface area contributed by atoms with Gasteiger partial charge in [-0.2, -0.15) is 13.9 Å². The smallest absolute Gasteiger partial charge is 0.407 e. The Morgan fingerprint density at radius 2 is 1.84 bits per heavy atom. The van der Waals surface area contributed by atoms with Crippen molar-refractivity contribution >= 4 is 17.7 Å². The lowest BCUT2D eigenvalue weighted by atomic mass is 10.1. The van der Waals surface area contributed by atoms with Crippen molar-refractivity contribution in [3.05, 3.63) is 35.7 Å². The third kappa shape index (κ3) is 7.74. The van der Waals surface area contributed by atoms with Gasteiger partial charge in [0.25, 0.3) is 0 Å². The molecule has 10 heteroatoms. The fourth-order valence-corrected chi connectivity index (χ4v) is 2.75. The first-order valence-electron chi connectivity index (χ1n) is 10.4. The van der Waals surface area contributed by atoms with Crippen molar-refractivity contribution in [3.8, 4) is 0 Å². The van der Waals surface area contributed by atoms with Crippen LogP contribution in [0.25, 0.3) is 0 Å². The largest absolute Gasteiger partial charge is 0.444 e. The second kappa shape index (κ2) is 9.81. The minimum Gasteiger partial charge on any atom is -0.444 e. The van der Waals surface area contributed by atoms with Crippen LogP contribution in [0.1, 0.15) is 52.9 Å². The number of pyridine rings is 1. The van der Waals surface area contributed by atoms with Crippen LogP contribution in [0.2, 0.25) is 0 Å². The van der Waals surface area contributed by atoms with Crippen LogP contribution in [0, 0.1) is 6.92 Å². The van der Waals surface area contributed by atoms with Crippen molar-refractivity contribution < 1.29 is 23.0 Å². The maximum absolute atomic E-state index is 14.6. The first-order valence-corrected chi connectivity index (χ1v) is 10.4. The van der Waals surface area contributed by atoms with E-state index in [2.05, 4.69) is 20.7 Å². The summed E-state index contributed by atoms with van der Waals surface area (Å²) in [7, 11) is 0. The molecule has 0 atom stereocenters. The van der Waals surface area contributed by atoms with Gasteiger partial charge in [0, 0.05) is 12.6 Å². The number of aryl methyl sites for hydroxylation is 1. The number of rotatable bonds is 8. The zero-order valence-electron chi connectivity index (χ0n) is 19.8. The van der Waals surface area contributed by atoms with Gasteiger partial charge in [-0.15, -0.1) is 0 Å². The SMILES string of the molecule is Cc1cc(Nc2cccc(C(F)(F)COCCNC(=O)OC(C)(C)C)n2)n(C(C)(C)C)n1. The minimum absolute atomic E-state index is 0.0517. The minimum atomic E-state index is -3.30. The molecule has 2 aromatic heterocycles. The van der Waals surface area contributed by atoms with Gasteiger partial charge in [0.2, 0.25) is 0 Å². The number of carbonyl (C=O) groups is 1. The summed E-state index contributed by atoms with van der Waals surface area (Å²) in [6.45, 7) is 12.2. The van der Waals surface area contributed by atoms with E-state index in [0.29, 0.717) is 5.82 Å². The number of alkyl carbamates (subject to hydrolysis) is 1. The molecule has 2 aromatic rings. The van der Waals surface area contributed by atoms with Crippen molar-refractivity contribution in [2.24, 2.45) is 0 Å². The molecule has 178 valence electrons. The highest BCUT2D eigenvalue weighted by Gasteiger charge is 2.34. The molecule has 0 bridgehead atoms. The maximum atomic E-state index is 14.6. The highest BCUT2D eigenvalue weighted by Crippen LogP contribution is 2.29. The third-order valence-corrected chi connectivity index (χ3v) is 4.04. The summed E-state index contributed by atoms with van der Waals surface area (Å²) in [5.74, 6) is -2.37. The van der Waals surface area contributed by atoms with E-state index in [1.165, 1.54) is 12.1 Å². The van der Waals surface area contributed by atoms with Crippen LogP contribution >= 0.6 is 0 Å². The Kier molecular flexibility index (Phi) is 7.82. The number of halogens is 2. The third-order valence-electron chi connectivity index (χ3n) is 4.04. The number of hydrogen-bond donors (Lipinski definition) is 2. The van der Waals surface area contributed by atoms with Crippen molar-refractivity contribution in [1.29, 1.82) is 0 Å². The molecule has 0 unspecified atom stereocenters. The average Bonchev–Trinajstić information content (AvgIpc) is 3.00. The lowest BCUT2D eigenvalue weighted by Gasteiger charge is -2.23. The van der Waals surface area contributed by atoms with Crippen LogP contribution < -0.4 is 10.6 Å². The van der Waals surface area contributed by atoms with Crippen molar-refractivity contribution in [2.45, 2.75) is 65.5 Å². The summed E-state index contributed by atoms with van der Waals surface area (Å²) in [5.41, 5.74) is -0.538. The van der Waals surface area contributed by atoms with E-state index in [0.717, 1.165) is 5.69 Å². The Labute approximate surface area is 187 Å². The molecule has 0 aliphatic rings. The van der Waals surface area contributed by atoms with Crippen LogP contribution in [0.15, 0.2) is 24.3 Å². The second-order valence-corrected chi connectivity index (χ2v) is 9.47. The Balaban J connectivity index is 1.95. The van der Waals surface area contributed by atoms with Crippen LogP contribution in [-0.4, -0.2) is 46.2 Å². The summed E-state index contributed by atoms with van der Waals surface area (Å²) in [5, 5.41) is 9.99. The van der Waals surface area contributed by atoms with E-state index >= 15 is 0 Å². The summed E-state index contributed by atoms with van der Waals surface area (Å²) in [4.78, 5) is 15.6. The number of amides is 1. The quantitative estimate of drug-likeness (QED) is 0.562. The highest BCUT2D eigenvalue weighted by molar-refractivity contribution is 5.67. The van der Waals surface area contributed by atoms with Crippen LogP contribution in [0.5, 0.6) is 0 Å². The maximum Gasteiger partial charge on any atom is 0.407 e. The number of carbonyl (C=O) groups excluding carboxylic acids is 1. The molecule has 1 amide bonds. The summed E-state index contributed by atoms with van der Waals surface area (Å²) in [6.07, 6.45) is -0.627. The van der Waals surface area contributed by atoms with E-state index in [1.54, 1.807) is 31.5 Å². The molecular weight excluding hydrogens is 420 g/mol. The Morgan fingerprint density at radius 3 is 2.47 bits per heavy atom. The predicted octanol–water partition coefficient (Wildman–Crippen LogP) is 4.72. The van der Waals surface area contributed by atoms with Gasteiger partial charge in [-0.1, -0.05) is 6.07 Å². The molecule has 0 saturated heterocycles. The van der Waals surface area contributed by atoms with Gasteiger partial charge < -0.3 is 20.1 Å². The van der Waals surface area contributed by atoms with Gasteiger partial charge in [0.05, 0.1) is 17.8 Å². The molecule has 0 aliphatic heterocycles. The Hall–Kier alpha value is -2.75. The van der Waals surface area contributed by atoms with Crippen LogP contribution in [0.3, 0.4) is 0 Å². The topological polar surface area (TPSA) is 90.3 Å². The molecule has 0 fully saturated rings. The molecule has 8 nitrogen and oxygen atoms in total. The fraction of sp³-hybridized carbons (Fsp3) is 0.591. The Morgan fingerprint density at radius 1 is 1.16 bits per heavy atom. The standard InChI is InChI=1S/C22H33F2N5O3/c1-15-13-18(29(28-15)20(2,3)4)27-17-10-8-9-16(26-17)22(23,24)14-31-12-11-25-19(30)32-21(5,6)7/h8-10,13H,11-12,14H2,1-7H3,(H,25,30)(H,26,27). The lowest BCUT2D eigenvalue weighted by Crippen LogP contribution is -2.34. The normalized spacial score (nSPS) is 12.5. The zero-order chi connectivity index (χ0) is 24.2. The fourth-order valence-electron chi connectivity index (χ4n) is 2.75. The van der Waals surface area contributed by atoms with E-state index < -0.39 is 29.9 Å². The summed E-state index contributed by atoms with van der Waals surface area (Å²) < 4.78 is 41.1. The monoisotopic (exact) mass is 453 g/mol. The number of aromatic nitrogens is 3. The molecule has 0 aliphatic carbocycles. The van der Waals surface area contributed by atoms with Gasteiger partial charge >= 0.3 is 12.0 Å². The van der Waals surface area contributed by atoms with E-state index in [1.807, 2.05) is 33.8 Å².